The van der Waals surface area contributed by atoms with Gasteiger partial charge in [-0.2, -0.15) is 0 Å². The van der Waals surface area contributed by atoms with E-state index >= 15 is 0 Å². The zero-order chi connectivity index (χ0) is 11.0. The topological polar surface area (TPSA) is 38.7 Å². The predicted octanol–water partition coefficient (Wildman–Crippen LogP) is 2.18. The van der Waals surface area contributed by atoms with Crippen molar-refractivity contribution in [2.24, 2.45) is 5.92 Å². The van der Waals surface area contributed by atoms with Crippen molar-refractivity contribution in [3.05, 3.63) is 0 Å². The molecular formula is C11H24O3. The number of ether oxygens (including phenoxy) is 2. The maximum atomic E-state index is 9.77. The molecule has 0 fully saturated rings. The van der Waals surface area contributed by atoms with Gasteiger partial charge in [-0.15, -0.1) is 0 Å². The van der Waals surface area contributed by atoms with Crippen molar-refractivity contribution < 1.29 is 14.6 Å². The highest BCUT2D eigenvalue weighted by atomic mass is 16.7. The van der Waals surface area contributed by atoms with E-state index in [0.29, 0.717) is 19.1 Å². The first kappa shape index (κ1) is 13.9. The molecule has 0 saturated carbocycles. The Morgan fingerprint density at radius 2 is 1.50 bits per heavy atom. The fourth-order valence-corrected chi connectivity index (χ4v) is 1.24. The maximum Gasteiger partial charge on any atom is 0.183 e. The number of hydrogen-bond donors (Lipinski definition) is 1. The molecule has 0 aromatic rings. The monoisotopic (exact) mass is 204 g/mol. The molecular weight excluding hydrogens is 180 g/mol. The van der Waals surface area contributed by atoms with E-state index in [-0.39, 0.29) is 0 Å². The number of aliphatic hydroxyl groups is 1. The highest BCUT2D eigenvalue weighted by Crippen LogP contribution is 2.12. The fraction of sp³-hybridized carbons (Fsp3) is 1.00. The lowest BCUT2D eigenvalue weighted by Gasteiger charge is -2.22. The highest BCUT2D eigenvalue weighted by Gasteiger charge is 2.19. The Hall–Kier alpha value is -0.120. The van der Waals surface area contributed by atoms with E-state index < -0.39 is 12.4 Å². The third-order valence-corrected chi connectivity index (χ3v) is 2.02. The van der Waals surface area contributed by atoms with Gasteiger partial charge in [-0.1, -0.05) is 13.8 Å². The summed E-state index contributed by atoms with van der Waals surface area (Å²) in [5.41, 5.74) is 0. The van der Waals surface area contributed by atoms with E-state index in [4.69, 9.17) is 9.47 Å². The van der Waals surface area contributed by atoms with Crippen LogP contribution in [0.3, 0.4) is 0 Å². The lowest BCUT2D eigenvalue weighted by molar-refractivity contribution is -0.191. The lowest BCUT2D eigenvalue weighted by atomic mass is 10.0. The molecule has 86 valence electrons. The minimum atomic E-state index is -0.503. The van der Waals surface area contributed by atoms with Gasteiger partial charge in [0.2, 0.25) is 0 Å². The summed E-state index contributed by atoms with van der Waals surface area (Å²) in [6.45, 7) is 9.24. The molecule has 3 nitrogen and oxygen atoms in total. The average Bonchev–Trinajstić information content (AvgIpc) is 2.14. The Morgan fingerprint density at radius 1 is 1.00 bits per heavy atom. The predicted molar refractivity (Wildman–Crippen MR) is 57.1 cm³/mol. The Kier molecular flexibility index (Phi) is 8.14. The lowest BCUT2D eigenvalue weighted by Crippen LogP contribution is -2.32. The van der Waals surface area contributed by atoms with Crippen LogP contribution in [0.1, 0.15) is 40.5 Å². The van der Waals surface area contributed by atoms with Crippen LogP contribution in [0, 0.1) is 5.92 Å². The molecule has 0 aliphatic carbocycles. The zero-order valence-corrected chi connectivity index (χ0v) is 9.82. The largest absolute Gasteiger partial charge is 0.388 e. The standard InChI is InChI=1S/C11H24O3/c1-5-13-11(14-6-2)10(12)8-7-9(3)4/h9-12H,5-8H2,1-4H3. The van der Waals surface area contributed by atoms with Gasteiger partial charge in [0.15, 0.2) is 6.29 Å². The molecule has 1 atom stereocenters. The first-order valence-electron chi connectivity index (χ1n) is 5.53. The van der Waals surface area contributed by atoms with Crippen LogP contribution in [0.2, 0.25) is 0 Å². The van der Waals surface area contributed by atoms with E-state index in [0.717, 1.165) is 12.8 Å². The summed E-state index contributed by atoms with van der Waals surface area (Å²) in [6, 6.07) is 0. The van der Waals surface area contributed by atoms with Crippen molar-refractivity contribution in [3.63, 3.8) is 0 Å². The first-order chi connectivity index (χ1) is 6.61. The Balaban J connectivity index is 3.81. The van der Waals surface area contributed by atoms with E-state index in [1.165, 1.54) is 0 Å². The van der Waals surface area contributed by atoms with Gasteiger partial charge in [-0.3, -0.25) is 0 Å². The molecule has 0 radical (unpaired) electrons. The van der Waals surface area contributed by atoms with Crippen LogP contribution in [0.4, 0.5) is 0 Å². The zero-order valence-electron chi connectivity index (χ0n) is 9.82. The van der Waals surface area contributed by atoms with E-state index in [2.05, 4.69) is 13.8 Å². The minimum Gasteiger partial charge on any atom is -0.388 e. The Bertz CT molecular complexity index is 120. The molecule has 0 aromatic carbocycles. The number of rotatable bonds is 8. The summed E-state index contributed by atoms with van der Waals surface area (Å²) in [6.07, 6.45) is 0.779. The van der Waals surface area contributed by atoms with Crippen molar-refractivity contribution in [1.29, 1.82) is 0 Å². The van der Waals surface area contributed by atoms with Crippen molar-refractivity contribution in [3.8, 4) is 0 Å². The molecule has 3 heteroatoms. The van der Waals surface area contributed by atoms with Crippen LogP contribution in [0.25, 0.3) is 0 Å². The second-order valence-electron chi connectivity index (χ2n) is 3.82. The molecule has 0 aliphatic rings. The van der Waals surface area contributed by atoms with Gasteiger partial charge in [-0.05, 0) is 32.6 Å². The fourth-order valence-electron chi connectivity index (χ4n) is 1.24. The summed E-state index contributed by atoms with van der Waals surface area (Å²) < 4.78 is 10.6. The van der Waals surface area contributed by atoms with E-state index in [9.17, 15) is 5.11 Å². The quantitative estimate of drug-likeness (QED) is 0.616. The molecule has 0 spiro atoms. The van der Waals surface area contributed by atoms with Gasteiger partial charge in [0.05, 0.1) is 0 Å². The summed E-state index contributed by atoms with van der Waals surface area (Å²) in [5, 5.41) is 9.77. The highest BCUT2D eigenvalue weighted by molar-refractivity contribution is 4.61. The summed E-state index contributed by atoms with van der Waals surface area (Å²) in [5.74, 6) is 0.605. The number of hydrogen-bond acceptors (Lipinski definition) is 3. The smallest absolute Gasteiger partial charge is 0.183 e. The molecule has 0 aromatic heterocycles. The molecule has 0 amide bonds. The molecule has 1 unspecified atom stereocenters. The second kappa shape index (κ2) is 8.21. The van der Waals surface area contributed by atoms with Crippen molar-refractivity contribution >= 4 is 0 Å². The minimum absolute atomic E-state index is 0.455. The maximum absolute atomic E-state index is 9.77. The van der Waals surface area contributed by atoms with Gasteiger partial charge >= 0.3 is 0 Å². The van der Waals surface area contributed by atoms with Crippen LogP contribution in [-0.2, 0) is 9.47 Å². The second-order valence-corrected chi connectivity index (χ2v) is 3.82. The Morgan fingerprint density at radius 3 is 1.86 bits per heavy atom. The van der Waals surface area contributed by atoms with Crippen LogP contribution >= 0.6 is 0 Å². The normalized spacial score (nSPS) is 13.9. The van der Waals surface area contributed by atoms with Gasteiger partial charge in [0.1, 0.15) is 6.10 Å². The van der Waals surface area contributed by atoms with Gasteiger partial charge < -0.3 is 14.6 Å². The summed E-state index contributed by atoms with van der Waals surface area (Å²) >= 11 is 0. The molecule has 0 rings (SSSR count). The van der Waals surface area contributed by atoms with E-state index in [1.54, 1.807) is 0 Å². The Labute approximate surface area is 87.4 Å². The van der Waals surface area contributed by atoms with Crippen molar-refractivity contribution in [1.82, 2.24) is 0 Å². The SMILES string of the molecule is CCOC(OCC)C(O)CCC(C)C. The van der Waals surface area contributed by atoms with Crippen LogP contribution in [-0.4, -0.2) is 30.7 Å². The molecule has 14 heavy (non-hydrogen) atoms. The molecule has 0 aliphatic heterocycles. The van der Waals surface area contributed by atoms with Gasteiger partial charge in [0.25, 0.3) is 0 Å². The third kappa shape index (κ3) is 6.35. The van der Waals surface area contributed by atoms with E-state index in [1.807, 2.05) is 13.8 Å². The average molecular weight is 204 g/mol. The molecule has 0 saturated heterocycles. The van der Waals surface area contributed by atoms with Crippen molar-refractivity contribution in [2.45, 2.75) is 52.9 Å². The van der Waals surface area contributed by atoms with Crippen LogP contribution in [0.5, 0.6) is 0 Å². The molecule has 0 heterocycles. The molecule has 1 N–H and O–H groups in total. The summed E-state index contributed by atoms with van der Waals surface area (Å²) in [4.78, 5) is 0. The first-order valence-corrected chi connectivity index (χ1v) is 5.53. The van der Waals surface area contributed by atoms with Crippen LogP contribution < -0.4 is 0 Å². The van der Waals surface area contributed by atoms with Gasteiger partial charge in [-0.25, -0.2) is 0 Å². The number of aliphatic hydroxyl groups excluding tert-OH is 1. The van der Waals surface area contributed by atoms with Crippen LogP contribution in [0.15, 0.2) is 0 Å². The van der Waals surface area contributed by atoms with Gasteiger partial charge in [0, 0.05) is 13.2 Å². The molecule has 0 bridgehead atoms. The van der Waals surface area contributed by atoms with Crippen molar-refractivity contribution in [2.75, 3.05) is 13.2 Å². The third-order valence-electron chi connectivity index (χ3n) is 2.02. The summed E-state index contributed by atoms with van der Waals surface area (Å²) in [7, 11) is 0.